The van der Waals surface area contributed by atoms with Crippen molar-refractivity contribution in [1.82, 2.24) is 9.80 Å². The lowest BCUT2D eigenvalue weighted by molar-refractivity contribution is -0.138. The van der Waals surface area contributed by atoms with Gasteiger partial charge in [0.05, 0.1) is 13.2 Å². The maximum atomic E-state index is 12.6. The topological polar surface area (TPSA) is 82.1 Å². The van der Waals surface area contributed by atoms with E-state index in [1.807, 2.05) is 41.1 Å². The number of urea groups is 1. The third kappa shape index (κ3) is 7.38. The van der Waals surface area contributed by atoms with E-state index in [1.54, 1.807) is 0 Å². The molecule has 1 heterocycles. The number of nitrogens with one attached hydrogen (secondary N) is 1. The van der Waals surface area contributed by atoms with Gasteiger partial charge >= 0.3 is 12.0 Å². The van der Waals surface area contributed by atoms with Crippen molar-refractivity contribution in [2.45, 2.75) is 45.6 Å². The van der Waals surface area contributed by atoms with Gasteiger partial charge in [0.25, 0.3) is 0 Å². The van der Waals surface area contributed by atoms with E-state index in [4.69, 9.17) is 9.84 Å². The number of ether oxygens (including phenoxy) is 1. The molecular weight excluding hydrogens is 358 g/mol. The minimum atomic E-state index is -0.821. The average Bonchev–Trinajstić information content (AvgIpc) is 2.88. The van der Waals surface area contributed by atoms with Crippen molar-refractivity contribution < 1.29 is 19.4 Å². The Morgan fingerprint density at radius 2 is 1.96 bits per heavy atom. The molecular formula is C21H33N3O4. The molecule has 1 unspecified atom stereocenters. The van der Waals surface area contributed by atoms with Crippen LogP contribution in [0.4, 0.5) is 10.5 Å². The number of hydrogen-bond donors (Lipinski definition) is 2. The fourth-order valence-electron chi connectivity index (χ4n) is 3.31. The van der Waals surface area contributed by atoms with Crippen LogP contribution in [0.15, 0.2) is 24.3 Å². The molecule has 2 amide bonds. The standard InChI is InChI=1S/C21H33N3O4/c1-16(2)11-14-28-19-8-6-17(7-9-19)22-21(27)24-12-4-5-18(10-13-24)23(3)15-20(25)26/h6-9,16,18H,4-5,10-15H2,1-3H3,(H,22,27)(H,25,26). The number of likely N-dealkylation sites (N-methyl/N-ethyl adjacent to an activating group) is 1. The molecule has 28 heavy (non-hydrogen) atoms. The van der Waals surface area contributed by atoms with Gasteiger partial charge in [-0.3, -0.25) is 9.69 Å². The fraction of sp³-hybridized carbons (Fsp3) is 0.619. The van der Waals surface area contributed by atoms with E-state index in [1.165, 1.54) is 0 Å². The summed E-state index contributed by atoms with van der Waals surface area (Å²) in [6, 6.07) is 7.52. The van der Waals surface area contributed by atoms with Crippen LogP contribution in [0.5, 0.6) is 5.75 Å². The molecule has 0 spiro atoms. The molecule has 2 N–H and O–H groups in total. The van der Waals surface area contributed by atoms with Gasteiger partial charge in [-0.2, -0.15) is 0 Å². The summed E-state index contributed by atoms with van der Waals surface area (Å²) >= 11 is 0. The Morgan fingerprint density at radius 3 is 2.61 bits per heavy atom. The van der Waals surface area contributed by atoms with Gasteiger partial charge in [0.15, 0.2) is 0 Å². The molecule has 7 nitrogen and oxygen atoms in total. The first-order valence-electron chi connectivity index (χ1n) is 10.1. The largest absolute Gasteiger partial charge is 0.494 e. The quantitative estimate of drug-likeness (QED) is 0.709. The third-order valence-electron chi connectivity index (χ3n) is 5.06. The van der Waals surface area contributed by atoms with Crippen molar-refractivity contribution in [1.29, 1.82) is 0 Å². The Bertz CT molecular complexity index is 633. The maximum absolute atomic E-state index is 12.6. The number of anilines is 1. The van der Waals surface area contributed by atoms with Gasteiger partial charge in [0.2, 0.25) is 0 Å². The molecule has 0 saturated carbocycles. The summed E-state index contributed by atoms with van der Waals surface area (Å²) in [5, 5.41) is 11.9. The van der Waals surface area contributed by atoms with Crippen molar-refractivity contribution >= 4 is 17.7 Å². The van der Waals surface area contributed by atoms with Gasteiger partial charge in [-0.05, 0) is 62.9 Å². The normalized spacial score (nSPS) is 17.5. The summed E-state index contributed by atoms with van der Waals surface area (Å²) in [7, 11) is 1.83. The molecule has 0 aliphatic carbocycles. The van der Waals surface area contributed by atoms with Crippen LogP contribution < -0.4 is 10.1 Å². The van der Waals surface area contributed by atoms with Gasteiger partial charge < -0.3 is 20.1 Å². The number of carboxylic acids is 1. The van der Waals surface area contributed by atoms with Crippen LogP contribution in [0.3, 0.4) is 0 Å². The van der Waals surface area contributed by atoms with Crippen LogP contribution >= 0.6 is 0 Å². The molecule has 7 heteroatoms. The number of rotatable bonds is 8. The van der Waals surface area contributed by atoms with Crippen molar-refractivity contribution in [2.75, 3.05) is 38.6 Å². The van der Waals surface area contributed by atoms with E-state index in [9.17, 15) is 9.59 Å². The van der Waals surface area contributed by atoms with Crippen molar-refractivity contribution in [3.8, 4) is 5.75 Å². The number of benzene rings is 1. The third-order valence-corrected chi connectivity index (χ3v) is 5.06. The summed E-state index contributed by atoms with van der Waals surface area (Å²) in [4.78, 5) is 27.2. The number of hydrogen-bond acceptors (Lipinski definition) is 4. The molecule has 0 radical (unpaired) electrons. The molecule has 1 aromatic carbocycles. The molecule has 2 rings (SSSR count). The summed E-state index contributed by atoms with van der Waals surface area (Å²) in [5.41, 5.74) is 0.741. The summed E-state index contributed by atoms with van der Waals surface area (Å²) < 4.78 is 5.70. The van der Waals surface area contributed by atoms with Crippen molar-refractivity contribution in [3.05, 3.63) is 24.3 Å². The number of carboxylic acid groups (broad SMARTS) is 1. The maximum Gasteiger partial charge on any atom is 0.321 e. The predicted molar refractivity (Wildman–Crippen MR) is 110 cm³/mol. The lowest BCUT2D eigenvalue weighted by atomic mass is 10.1. The number of carbonyl (C=O) groups is 2. The second-order valence-electron chi connectivity index (χ2n) is 7.87. The molecule has 1 saturated heterocycles. The number of amides is 2. The molecule has 1 fully saturated rings. The Morgan fingerprint density at radius 1 is 1.25 bits per heavy atom. The second kappa shape index (κ2) is 10.9. The zero-order valence-electron chi connectivity index (χ0n) is 17.2. The molecule has 1 aromatic rings. The molecule has 1 atom stereocenters. The highest BCUT2D eigenvalue weighted by Crippen LogP contribution is 2.19. The number of likely N-dealkylation sites (tertiary alicyclic amines) is 1. The summed E-state index contributed by atoms with van der Waals surface area (Å²) in [6.07, 6.45) is 3.55. The highest BCUT2D eigenvalue weighted by molar-refractivity contribution is 5.89. The van der Waals surface area contributed by atoms with E-state index in [0.29, 0.717) is 25.6 Å². The molecule has 1 aliphatic heterocycles. The van der Waals surface area contributed by atoms with Gasteiger partial charge in [-0.1, -0.05) is 13.8 Å². The van der Waals surface area contributed by atoms with Crippen LogP contribution in [0.25, 0.3) is 0 Å². The van der Waals surface area contributed by atoms with Crippen LogP contribution in [-0.2, 0) is 4.79 Å². The summed E-state index contributed by atoms with van der Waals surface area (Å²) in [6.45, 7) is 6.35. The smallest absolute Gasteiger partial charge is 0.321 e. The molecule has 0 bridgehead atoms. The highest BCUT2D eigenvalue weighted by Gasteiger charge is 2.24. The van der Waals surface area contributed by atoms with Crippen LogP contribution in [0.1, 0.15) is 39.5 Å². The van der Waals surface area contributed by atoms with E-state index >= 15 is 0 Å². The van der Waals surface area contributed by atoms with E-state index < -0.39 is 5.97 Å². The molecule has 1 aliphatic rings. The minimum absolute atomic E-state index is 0.0302. The lowest BCUT2D eigenvalue weighted by Gasteiger charge is -2.25. The number of nitrogens with zero attached hydrogens (tertiary/aromatic N) is 2. The second-order valence-corrected chi connectivity index (χ2v) is 7.87. The Kier molecular flexibility index (Phi) is 8.57. The SMILES string of the molecule is CC(C)CCOc1ccc(NC(=O)N2CCCC(N(C)CC(=O)O)CC2)cc1. The Balaban J connectivity index is 1.81. The van der Waals surface area contributed by atoms with E-state index in [-0.39, 0.29) is 18.6 Å². The van der Waals surface area contributed by atoms with Crippen LogP contribution in [0, 0.1) is 5.92 Å². The Labute approximate surface area is 167 Å². The fourth-order valence-corrected chi connectivity index (χ4v) is 3.31. The average molecular weight is 392 g/mol. The zero-order chi connectivity index (χ0) is 20.5. The number of carbonyl (C=O) groups excluding carboxylic acids is 1. The van der Waals surface area contributed by atoms with Crippen LogP contribution in [-0.4, -0.2) is 66.2 Å². The first-order valence-corrected chi connectivity index (χ1v) is 10.1. The monoisotopic (exact) mass is 391 g/mol. The zero-order valence-corrected chi connectivity index (χ0v) is 17.2. The van der Waals surface area contributed by atoms with E-state index in [2.05, 4.69) is 19.2 Å². The summed E-state index contributed by atoms with van der Waals surface area (Å²) in [5.74, 6) is 0.589. The van der Waals surface area contributed by atoms with Crippen molar-refractivity contribution in [2.24, 2.45) is 5.92 Å². The molecule has 0 aromatic heterocycles. The predicted octanol–water partition coefficient (Wildman–Crippen LogP) is 3.51. The highest BCUT2D eigenvalue weighted by atomic mass is 16.5. The van der Waals surface area contributed by atoms with Gasteiger partial charge in [-0.15, -0.1) is 0 Å². The van der Waals surface area contributed by atoms with Crippen LogP contribution in [0.2, 0.25) is 0 Å². The minimum Gasteiger partial charge on any atom is -0.494 e. The number of aliphatic carboxylic acids is 1. The van der Waals surface area contributed by atoms with Gasteiger partial charge in [0.1, 0.15) is 5.75 Å². The first-order chi connectivity index (χ1) is 13.3. The van der Waals surface area contributed by atoms with Gasteiger partial charge in [0, 0.05) is 24.8 Å². The molecule has 156 valence electrons. The Hall–Kier alpha value is -2.28. The van der Waals surface area contributed by atoms with E-state index in [0.717, 1.165) is 37.1 Å². The lowest BCUT2D eigenvalue weighted by Crippen LogP contribution is -2.38. The first kappa shape index (κ1) is 22.0. The van der Waals surface area contributed by atoms with Gasteiger partial charge in [-0.25, -0.2) is 4.79 Å². The van der Waals surface area contributed by atoms with Crippen molar-refractivity contribution in [3.63, 3.8) is 0 Å².